The van der Waals surface area contributed by atoms with Crippen molar-refractivity contribution in [2.75, 3.05) is 22.1 Å². The molecule has 0 aliphatic carbocycles. The standard InChI is InChI=1S/C24H18FN3O3S.C7H5Cl2NO/c25-17-9-5-15(6-10-17)13-28(23(30)20-14-31-20)18-11-7-16(8-12-18)22(29)27-24-26-19-3-1-2-4-21(19)32-24;8-5-2-1-3-6(7(5)9)10-4-11/h1-12,20H,13-14H2,(H,26,27,29);1-4H,(H,10,11). The molecule has 4 aromatic carbocycles. The third-order valence-corrected chi connectivity index (χ3v) is 8.02. The second-order valence-electron chi connectivity index (χ2n) is 9.22. The molecule has 12 heteroatoms. The van der Waals surface area contributed by atoms with Crippen LogP contribution in [-0.2, 0) is 20.9 Å². The number of anilines is 3. The average molecular weight is 638 g/mol. The minimum Gasteiger partial charge on any atom is -0.363 e. The van der Waals surface area contributed by atoms with E-state index < -0.39 is 6.10 Å². The number of para-hydroxylation sites is 1. The van der Waals surface area contributed by atoms with Gasteiger partial charge in [0, 0.05) is 11.3 Å². The van der Waals surface area contributed by atoms with Crippen molar-refractivity contribution >= 4 is 79.5 Å². The molecule has 1 atom stereocenters. The van der Waals surface area contributed by atoms with E-state index in [9.17, 15) is 18.8 Å². The number of epoxide rings is 1. The molecule has 1 aliphatic heterocycles. The van der Waals surface area contributed by atoms with Crippen LogP contribution in [0.15, 0.2) is 91.0 Å². The summed E-state index contributed by atoms with van der Waals surface area (Å²) in [4.78, 5) is 41.5. The molecule has 5 aromatic rings. The van der Waals surface area contributed by atoms with Gasteiger partial charge in [-0.2, -0.15) is 0 Å². The molecule has 2 heterocycles. The summed E-state index contributed by atoms with van der Waals surface area (Å²) in [5.41, 5.74) is 3.23. The zero-order valence-corrected chi connectivity index (χ0v) is 24.6. The summed E-state index contributed by atoms with van der Waals surface area (Å²) in [6.45, 7) is 0.664. The SMILES string of the molecule is O=C(Nc1nc2ccccc2s1)c1ccc(N(Cc2ccc(F)cc2)C(=O)C2CO2)cc1.O=CNc1cccc(Cl)c1Cl. The molecule has 0 radical (unpaired) electrons. The van der Waals surface area contributed by atoms with Gasteiger partial charge in [-0.05, 0) is 66.2 Å². The lowest BCUT2D eigenvalue weighted by atomic mass is 10.1. The van der Waals surface area contributed by atoms with E-state index in [0.29, 0.717) is 45.1 Å². The fourth-order valence-corrected chi connectivity index (χ4v) is 5.22. The Bertz CT molecular complexity index is 1730. The molecule has 43 heavy (non-hydrogen) atoms. The molecule has 1 aliphatic rings. The predicted octanol–water partition coefficient (Wildman–Crippen LogP) is 7.18. The summed E-state index contributed by atoms with van der Waals surface area (Å²) in [6, 6.07) is 25.5. The van der Waals surface area contributed by atoms with E-state index in [4.69, 9.17) is 27.9 Å². The van der Waals surface area contributed by atoms with Crippen LogP contribution in [0, 0.1) is 5.82 Å². The highest BCUT2D eigenvalue weighted by atomic mass is 35.5. The first kappa shape index (κ1) is 30.1. The zero-order valence-electron chi connectivity index (χ0n) is 22.3. The van der Waals surface area contributed by atoms with Crippen LogP contribution in [0.1, 0.15) is 15.9 Å². The number of carbonyl (C=O) groups excluding carboxylic acids is 3. The van der Waals surface area contributed by atoms with Gasteiger partial charge in [-0.15, -0.1) is 0 Å². The highest BCUT2D eigenvalue weighted by Crippen LogP contribution is 2.29. The van der Waals surface area contributed by atoms with Gasteiger partial charge < -0.3 is 15.0 Å². The van der Waals surface area contributed by atoms with Crippen LogP contribution in [0.25, 0.3) is 10.2 Å². The van der Waals surface area contributed by atoms with Gasteiger partial charge in [-0.1, -0.05) is 64.9 Å². The summed E-state index contributed by atoms with van der Waals surface area (Å²) in [6.07, 6.45) is 0.0924. The molecule has 1 aromatic heterocycles. The summed E-state index contributed by atoms with van der Waals surface area (Å²) in [5.74, 6) is -0.779. The van der Waals surface area contributed by atoms with Crippen LogP contribution in [0.2, 0.25) is 10.0 Å². The monoisotopic (exact) mass is 636 g/mol. The zero-order chi connectivity index (χ0) is 30.3. The summed E-state index contributed by atoms with van der Waals surface area (Å²) < 4.78 is 19.4. The lowest BCUT2D eigenvalue weighted by molar-refractivity contribution is -0.119. The summed E-state index contributed by atoms with van der Waals surface area (Å²) >= 11 is 12.8. The molecule has 8 nitrogen and oxygen atoms in total. The Kier molecular flexibility index (Phi) is 9.63. The van der Waals surface area contributed by atoms with Crippen LogP contribution < -0.4 is 15.5 Å². The van der Waals surface area contributed by atoms with Crippen LogP contribution in [0.4, 0.5) is 20.9 Å². The number of fused-ring (bicyclic) bond motifs is 1. The van der Waals surface area contributed by atoms with Crippen LogP contribution in [0.5, 0.6) is 0 Å². The molecular formula is C31H23Cl2FN4O4S. The second kappa shape index (κ2) is 13.7. The Morgan fingerprint density at radius 3 is 2.40 bits per heavy atom. The molecule has 6 rings (SSSR count). The van der Waals surface area contributed by atoms with Crippen molar-refractivity contribution in [3.63, 3.8) is 0 Å². The number of hydrogen-bond acceptors (Lipinski definition) is 6. The Morgan fingerprint density at radius 2 is 1.72 bits per heavy atom. The van der Waals surface area contributed by atoms with Gasteiger partial charge in [0.2, 0.25) is 6.41 Å². The van der Waals surface area contributed by atoms with Crippen molar-refractivity contribution in [2.45, 2.75) is 12.6 Å². The first-order valence-electron chi connectivity index (χ1n) is 12.9. The Morgan fingerprint density at radius 1 is 1.00 bits per heavy atom. The smallest absolute Gasteiger partial charge is 0.258 e. The fourth-order valence-electron chi connectivity index (χ4n) is 4.00. The Balaban J connectivity index is 0.000000283. The number of benzene rings is 4. The number of nitrogens with zero attached hydrogens (tertiary/aromatic N) is 2. The van der Waals surface area contributed by atoms with Gasteiger partial charge in [0.1, 0.15) is 5.82 Å². The molecule has 1 unspecified atom stereocenters. The number of rotatable bonds is 8. The minimum absolute atomic E-state index is 0.166. The number of halogens is 3. The van der Waals surface area contributed by atoms with Gasteiger partial charge in [-0.25, -0.2) is 9.37 Å². The second-order valence-corrected chi connectivity index (χ2v) is 11.0. The van der Waals surface area contributed by atoms with Gasteiger partial charge in [-0.3, -0.25) is 19.7 Å². The van der Waals surface area contributed by atoms with E-state index in [0.717, 1.165) is 15.8 Å². The molecule has 2 N–H and O–H groups in total. The number of nitrogens with one attached hydrogen (secondary N) is 2. The molecule has 3 amide bonds. The first-order chi connectivity index (χ1) is 20.8. The summed E-state index contributed by atoms with van der Waals surface area (Å²) in [7, 11) is 0. The van der Waals surface area contributed by atoms with E-state index in [-0.39, 0.29) is 24.2 Å². The van der Waals surface area contributed by atoms with E-state index in [2.05, 4.69) is 15.6 Å². The number of thiazole rings is 1. The number of aromatic nitrogens is 1. The van der Waals surface area contributed by atoms with E-state index in [1.807, 2.05) is 24.3 Å². The van der Waals surface area contributed by atoms with Crippen molar-refractivity contribution in [3.8, 4) is 0 Å². The third kappa shape index (κ3) is 7.74. The van der Waals surface area contributed by atoms with E-state index >= 15 is 0 Å². The maximum Gasteiger partial charge on any atom is 0.258 e. The quantitative estimate of drug-likeness (QED) is 0.139. The number of hydrogen-bond donors (Lipinski definition) is 2. The number of ether oxygens (including phenoxy) is 1. The maximum absolute atomic E-state index is 13.2. The molecule has 0 saturated carbocycles. The average Bonchev–Trinajstić information content (AvgIpc) is 3.79. The molecule has 0 bridgehead atoms. The van der Waals surface area contributed by atoms with Crippen LogP contribution >= 0.6 is 34.5 Å². The topological polar surface area (TPSA) is 104 Å². The van der Waals surface area contributed by atoms with Crippen LogP contribution in [-0.4, -0.2) is 35.9 Å². The highest BCUT2D eigenvalue weighted by molar-refractivity contribution is 7.22. The van der Waals surface area contributed by atoms with Gasteiger partial charge in [0.15, 0.2) is 11.2 Å². The van der Waals surface area contributed by atoms with Crippen molar-refractivity contribution in [1.82, 2.24) is 4.98 Å². The number of carbonyl (C=O) groups is 3. The lowest BCUT2D eigenvalue weighted by Gasteiger charge is -2.22. The van der Waals surface area contributed by atoms with E-state index in [1.54, 1.807) is 59.5 Å². The van der Waals surface area contributed by atoms with Crippen LogP contribution in [0.3, 0.4) is 0 Å². The minimum atomic E-state index is -0.461. The Labute approximate surface area is 260 Å². The van der Waals surface area contributed by atoms with E-state index in [1.165, 1.54) is 23.5 Å². The Hall–Kier alpha value is -4.35. The number of amides is 3. The molecular weight excluding hydrogens is 614 g/mol. The molecule has 1 saturated heterocycles. The van der Waals surface area contributed by atoms with Crippen molar-refractivity contribution in [2.24, 2.45) is 0 Å². The van der Waals surface area contributed by atoms with Crippen molar-refractivity contribution in [3.05, 3.63) is 118 Å². The fraction of sp³-hybridized carbons (Fsp3) is 0.0968. The largest absolute Gasteiger partial charge is 0.363 e. The van der Waals surface area contributed by atoms with Gasteiger partial charge in [0.25, 0.3) is 11.8 Å². The molecule has 1 fully saturated rings. The summed E-state index contributed by atoms with van der Waals surface area (Å²) in [5, 5.41) is 6.56. The highest BCUT2D eigenvalue weighted by Gasteiger charge is 2.35. The van der Waals surface area contributed by atoms with Gasteiger partial charge in [0.05, 0.1) is 39.1 Å². The van der Waals surface area contributed by atoms with Crippen molar-refractivity contribution < 1.29 is 23.5 Å². The predicted molar refractivity (Wildman–Crippen MR) is 167 cm³/mol. The molecule has 218 valence electrons. The third-order valence-electron chi connectivity index (χ3n) is 6.25. The first-order valence-corrected chi connectivity index (χ1v) is 14.5. The van der Waals surface area contributed by atoms with Gasteiger partial charge >= 0.3 is 0 Å². The maximum atomic E-state index is 13.2. The lowest BCUT2D eigenvalue weighted by Crippen LogP contribution is -2.34. The normalized spacial score (nSPS) is 13.4. The molecule has 0 spiro atoms. The van der Waals surface area contributed by atoms with Crippen molar-refractivity contribution in [1.29, 1.82) is 0 Å².